The lowest BCUT2D eigenvalue weighted by atomic mass is 10.2. The van der Waals surface area contributed by atoms with E-state index in [4.69, 9.17) is 4.42 Å². The second-order valence-corrected chi connectivity index (χ2v) is 3.37. The SMILES string of the molecule is CC(NCCc1ncn[nH]1)c1ccco1. The molecule has 0 saturated heterocycles. The molecular weight excluding hydrogens is 192 g/mol. The number of aromatic nitrogens is 3. The van der Waals surface area contributed by atoms with Gasteiger partial charge in [-0.15, -0.1) is 0 Å². The zero-order chi connectivity index (χ0) is 10.5. The van der Waals surface area contributed by atoms with Gasteiger partial charge in [-0.3, -0.25) is 5.10 Å². The van der Waals surface area contributed by atoms with Crippen molar-refractivity contribution in [2.75, 3.05) is 6.54 Å². The Morgan fingerprint density at radius 1 is 1.60 bits per heavy atom. The number of rotatable bonds is 5. The highest BCUT2D eigenvalue weighted by molar-refractivity contribution is 5.02. The zero-order valence-electron chi connectivity index (χ0n) is 8.60. The Kier molecular flexibility index (Phi) is 3.14. The highest BCUT2D eigenvalue weighted by atomic mass is 16.3. The molecule has 2 N–H and O–H groups in total. The van der Waals surface area contributed by atoms with E-state index in [0.717, 1.165) is 24.6 Å². The topological polar surface area (TPSA) is 66.7 Å². The molecule has 0 saturated carbocycles. The summed E-state index contributed by atoms with van der Waals surface area (Å²) in [6.07, 6.45) is 4.04. The minimum Gasteiger partial charge on any atom is -0.468 e. The number of hydrogen-bond donors (Lipinski definition) is 2. The third kappa shape index (κ3) is 2.66. The fraction of sp³-hybridized carbons (Fsp3) is 0.400. The summed E-state index contributed by atoms with van der Waals surface area (Å²) < 4.78 is 5.28. The summed E-state index contributed by atoms with van der Waals surface area (Å²) in [6, 6.07) is 4.08. The monoisotopic (exact) mass is 206 g/mol. The first-order chi connectivity index (χ1) is 7.36. The lowest BCUT2D eigenvalue weighted by Crippen LogP contribution is -2.21. The van der Waals surface area contributed by atoms with Crippen LogP contribution in [-0.4, -0.2) is 21.7 Å². The predicted molar refractivity (Wildman–Crippen MR) is 55.2 cm³/mol. The molecule has 0 bridgehead atoms. The zero-order valence-corrected chi connectivity index (χ0v) is 8.60. The Balaban J connectivity index is 1.74. The second kappa shape index (κ2) is 4.75. The predicted octanol–water partition coefficient (Wildman–Crippen LogP) is 1.29. The first kappa shape index (κ1) is 9.92. The molecule has 80 valence electrons. The molecule has 0 spiro atoms. The maximum atomic E-state index is 5.28. The van der Waals surface area contributed by atoms with Crippen molar-refractivity contribution in [2.45, 2.75) is 19.4 Å². The lowest BCUT2D eigenvalue weighted by Gasteiger charge is -2.09. The summed E-state index contributed by atoms with van der Waals surface area (Å²) >= 11 is 0. The Hall–Kier alpha value is -1.62. The first-order valence-electron chi connectivity index (χ1n) is 4.97. The van der Waals surface area contributed by atoms with Gasteiger partial charge in [0.2, 0.25) is 0 Å². The number of nitrogens with one attached hydrogen (secondary N) is 2. The first-order valence-corrected chi connectivity index (χ1v) is 4.97. The van der Waals surface area contributed by atoms with Crippen molar-refractivity contribution in [3.05, 3.63) is 36.3 Å². The average molecular weight is 206 g/mol. The summed E-state index contributed by atoms with van der Waals surface area (Å²) in [5, 5.41) is 9.95. The normalized spacial score (nSPS) is 12.9. The van der Waals surface area contributed by atoms with E-state index < -0.39 is 0 Å². The largest absolute Gasteiger partial charge is 0.468 e. The molecule has 0 aliphatic heterocycles. The molecule has 5 nitrogen and oxygen atoms in total. The maximum absolute atomic E-state index is 5.28. The Bertz CT molecular complexity index is 368. The third-order valence-electron chi connectivity index (χ3n) is 2.25. The van der Waals surface area contributed by atoms with Crippen LogP contribution < -0.4 is 5.32 Å². The molecule has 0 aromatic carbocycles. The van der Waals surface area contributed by atoms with Crippen molar-refractivity contribution in [3.8, 4) is 0 Å². The highest BCUT2D eigenvalue weighted by Crippen LogP contribution is 2.11. The van der Waals surface area contributed by atoms with Crippen LogP contribution in [0.2, 0.25) is 0 Å². The summed E-state index contributed by atoms with van der Waals surface area (Å²) in [5.41, 5.74) is 0. The van der Waals surface area contributed by atoms with E-state index in [-0.39, 0.29) is 6.04 Å². The van der Waals surface area contributed by atoms with Gasteiger partial charge >= 0.3 is 0 Å². The molecular formula is C10H14N4O. The van der Waals surface area contributed by atoms with Crippen LogP contribution in [0.5, 0.6) is 0 Å². The van der Waals surface area contributed by atoms with E-state index >= 15 is 0 Å². The average Bonchev–Trinajstić information content (AvgIpc) is 2.90. The molecule has 0 aliphatic carbocycles. The molecule has 2 rings (SSSR count). The Labute approximate surface area is 87.9 Å². The van der Waals surface area contributed by atoms with Gasteiger partial charge < -0.3 is 9.73 Å². The lowest BCUT2D eigenvalue weighted by molar-refractivity contribution is 0.431. The molecule has 5 heteroatoms. The molecule has 0 radical (unpaired) electrons. The van der Waals surface area contributed by atoms with Crippen LogP contribution in [0.25, 0.3) is 0 Å². The standard InChI is InChI=1S/C10H14N4O/c1-8(9-3-2-6-15-9)11-5-4-10-12-7-13-14-10/h2-3,6-8,11H,4-5H2,1H3,(H,12,13,14). The van der Waals surface area contributed by atoms with E-state index in [9.17, 15) is 0 Å². The second-order valence-electron chi connectivity index (χ2n) is 3.37. The summed E-state index contributed by atoms with van der Waals surface area (Å²) in [6.45, 7) is 2.91. The maximum Gasteiger partial charge on any atom is 0.137 e. The van der Waals surface area contributed by atoms with Gasteiger partial charge in [-0.25, -0.2) is 4.98 Å². The molecule has 2 aromatic heterocycles. The molecule has 0 aliphatic rings. The number of nitrogens with zero attached hydrogens (tertiary/aromatic N) is 2. The molecule has 1 unspecified atom stereocenters. The van der Waals surface area contributed by atoms with Gasteiger partial charge in [0.05, 0.1) is 12.3 Å². The quantitative estimate of drug-likeness (QED) is 0.773. The van der Waals surface area contributed by atoms with Crippen LogP contribution in [0, 0.1) is 0 Å². The van der Waals surface area contributed by atoms with Gasteiger partial charge in [0.25, 0.3) is 0 Å². The summed E-state index contributed by atoms with van der Waals surface area (Å²) in [7, 11) is 0. The molecule has 0 amide bonds. The van der Waals surface area contributed by atoms with Crippen molar-refractivity contribution in [3.63, 3.8) is 0 Å². The molecule has 2 aromatic rings. The van der Waals surface area contributed by atoms with Gasteiger partial charge in [-0.1, -0.05) is 0 Å². The van der Waals surface area contributed by atoms with Crippen LogP contribution in [0.1, 0.15) is 24.6 Å². The van der Waals surface area contributed by atoms with Crippen LogP contribution in [0.15, 0.2) is 29.1 Å². The number of aromatic amines is 1. The van der Waals surface area contributed by atoms with E-state index in [1.165, 1.54) is 6.33 Å². The van der Waals surface area contributed by atoms with Crippen LogP contribution in [0.3, 0.4) is 0 Å². The fourth-order valence-electron chi connectivity index (χ4n) is 1.40. The smallest absolute Gasteiger partial charge is 0.137 e. The minimum atomic E-state index is 0.225. The minimum absolute atomic E-state index is 0.225. The molecule has 2 heterocycles. The van der Waals surface area contributed by atoms with Crippen molar-refractivity contribution in [2.24, 2.45) is 0 Å². The van der Waals surface area contributed by atoms with Gasteiger partial charge in [0.15, 0.2) is 0 Å². The van der Waals surface area contributed by atoms with Crippen LogP contribution in [0.4, 0.5) is 0 Å². The molecule has 15 heavy (non-hydrogen) atoms. The fourth-order valence-corrected chi connectivity index (χ4v) is 1.40. The van der Waals surface area contributed by atoms with Crippen molar-refractivity contribution >= 4 is 0 Å². The van der Waals surface area contributed by atoms with E-state index in [2.05, 4.69) is 27.4 Å². The van der Waals surface area contributed by atoms with E-state index in [1.54, 1.807) is 6.26 Å². The van der Waals surface area contributed by atoms with Gasteiger partial charge in [-0.2, -0.15) is 5.10 Å². The van der Waals surface area contributed by atoms with Crippen molar-refractivity contribution in [1.82, 2.24) is 20.5 Å². The number of furan rings is 1. The van der Waals surface area contributed by atoms with Crippen molar-refractivity contribution in [1.29, 1.82) is 0 Å². The number of hydrogen-bond acceptors (Lipinski definition) is 4. The van der Waals surface area contributed by atoms with Gasteiger partial charge in [0.1, 0.15) is 17.9 Å². The highest BCUT2D eigenvalue weighted by Gasteiger charge is 2.06. The van der Waals surface area contributed by atoms with Crippen LogP contribution in [-0.2, 0) is 6.42 Å². The molecule has 0 fully saturated rings. The Morgan fingerprint density at radius 2 is 2.53 bits per heavy atom. The molecule has 1 atom stereocenters. The van der Waals surface area contributed by atoms with Crippen molar-refractivity contribution < 1.29 is 4.42 Å². The third-order valence-corrected chi connectivity index (χ3v) is 2.25. The number of H-pyrrole nitrogens is 1. The summed E-state index contributed by atoms with van der Waals surface area (Å²) in [4.78, 5) is 4.05. The van der Waals surface area contributed by atoms with E-state index in [0.29, 0.717) is 0 Å². The van der Waals surface area contributed by atoms with E-state index in [1.807, 2.05) is 12.1 Å². The van der Waals surface area contributed by atoms with Crippen LogP contribution >= 0.6 is 0 Å². The van der Waals surface area contributed by atoms with Gasteiger partial charge in [-0.05, 0) is 19.1 Å². The van der Waals surface area contributed by atoms with Gasteiger partial charge in [0, 0.05) is 13.0 Å². The summed E-state index contributed by atoms with van der Waals surface area (Å²) in [5.74, 6) is 1.85. The Morgan fingerprint density at radius 3 is 3.20 bits per heavy atom.